The van der Waals surface area contributed by atoms with Crippen LogP contribution in [0.15, 0.2) is 63.9 Å². The topological polar surface area (TPSA) is 116 Å². The third-order valence-corrected chi connectivity index (χ3v) is 7.77. The summed E-state index contributed by atoms with van der Waals surface area (Å²) in [5.74, 6) is 1.05. The number of hydrogen-bond acceptors (Lipinski definition) is 7. The Hall–Kier alpha value is -4.51. The maximum Gasteiger partial charge on any atom is 0.247 e. The van der Waals surface area contributed by atoms with Crippen molar-refractivity contribution < 1.29 is 22.0 Å². The first-order chi connectivity index (χ1) is 19.0. The molecule has 1 N–H and O–H groups in total. The maximum atomic E-state index is 14.0. The lowest BCUT2D eigenvalue weighted by Gasteiger charge is -2.20. The third-order valence-electron chi connectivity index (χ3n) is 6.46. The number of nitrogens with zero attached hydrogens (tertiary/aromatic N) is 3. The normalized spacial score (nSPS) is 11.7. The molecule has 0 fully saturated rings. The first-order valence-corrected chi connectivity index (χ1v) is 14.2. The number of hydrogen-bond donors (Lipinski definition) is 1. The van der Waals surface area contributed by atoms with Gasteiger partial charge in [0, 0.05) is 29.6 Å². The molecule has 0 saturated carbocycles. The molecule has 11 heteroatoms. The Balaban J connectivity index is 1.75. The summed E-state index contributed by atoms with van der Waals surface area (Å²) < 4.78 is 54.9. The van der Waals surface area contributed by atoms with Gasteiger partial charge in [-0.05, 0) is 87.4 Å². The molecule has 5 rings (SSSR count). The Kier molecular flexibility index (Phi) is 6.92. The van der Waals surface area contributed by atoms with E-state index in [4.69, 9.17) is 9.15 Å². The molecular formula is C29H27FN4O5S. The summed E-state index contributed by atoms with van der Waals surface area (Å²) in [5.41, 5.74) is 3.38. The summed E-state index contributed by atoms with van der Waals surface area (Å²) >= 11 is 0. The summed E-state index contributed by atoms with van der Waals surface area (Å²) in [6.45, 7) is 8.41. The molecule has 0 unspecified atom stereocenters. The number of benzene rings is 3. The molecule has 5 aromatic rings. The maximum absolute atomic E-state index is 14.0. The molecule has 0 saturated heterocycles. The highest BCUT2D eigenvalue weighted by Crippen LogP contribution is 2.36. The van der Waals surface area contributed by atoms with Gasteiger partial charge >= 0.3 is 0 Å². The molecule has 0 radical (unpaired) electrons. The molecule has 0 aliphatic carbocycles. The van der Waals surface area contributed by atoms with E-state index in [-0.39, 0.29) is 22.9 Å². The zero-order chi connectivity index (χ0) is 28.8. The van der Waals surface area contributed by atoms with Crippen LogP contribution in [0.1, 0.15) is 29.5 Å². The van der Waals surface area contributed by atoms with Crippen LogP contribution >= 0.6 is 0 Å². The van der Waals surface area contributed by atoms with Gasteiger partial charge in [0.2, 0.25) is 21.8 Å². The number of pyridine rings is 1. The average Bonchev–Trinajstić information content (AvgIpc) is 3.34. The van der Waals surface area contributed by atoms with E-state index in [1.54, 1.807) is 81.8 Å². The minimum Gasteiger partial charge on any atom is -0.455 e. The Labute approximate surface area is 230 Å². The van der Waals surface area contributed by atoms with Crippen molar-refractivity contribution >= 4 is 26.6 Å². The summed E-state index contributed by atoms with van der Waals surface area (Å²) in [6.07, 6.45) is 1.67. The van der Waals surface area contributed by atoms with Crippen molar-refractivity contribution in [1.82, 2.24) is 14.8 Å². The minimum atomic E-state index is -3.57. The molecule has 9 nitrogen and oxygen atoms in total. The molecule has 0 atom stereocenters. The highest BCUT2D eigenvalue weighted by Gasteiger charge is 2.18. The predicted octanol–water partition coefficient (Wildman–Crippen LogP) is 5.97. The number of halogens is 1. The van der Waals surface area contributed by atoms with Gasteiger partial charge in [-0.15, -0.1) is 10.2 Å². The predicted molar refractivity (Wildman–Crippen MR) is 151 cm³/mol. The fourth-order valence-electron chi connectivity index (χ4n) is 4.48. The average molecular weight is 563 g/mol. The van der Waals surface area contributed by atoms with Crippen molar-refractivity contribution in [2.75, 3.05) is 10.5 Å². The Morgan fingerprint density at radius 1 is 0.975 bits per heavy atom. The molecule has 0 spiro atoms. The highest BCUT2D eigenvalue weighted by molar-refractivity contribution is 7.92. The van der Waals surface area contributed by atoms with Crippen LogP contribution in [-0.4, -0.2) is 28.9 Å². The molecule has 0 aliphatic rings. The van der Waals surface area contributed by atoms with Crippen LogP contribution in [0, 0.1) is 33.5 Å². The quantitative estimate of drug-likeness (QED) is 0.260. The number of rotatable bonds is 7. The van der Waals surface area contributed by atoms with E-state index in [1.165, 1.54) is 12.1 Å². The first-order valence-electron chi connectivity index (χ1n) is 12.5. The zero-order valence-corrected chi connectivity index (χ0v) is 23.4. The number of ether oxygens (including phenoxy) is 1. The largest absolute Gasteiger partial charge is 0.455 e. The standard InChI is InChI=1S/C29H27FN4O5S/c1-6-40(36,37)33-22-8-10-26(39-28-16(2)11-21(30)12-17(28)3)25(14-22)34-15-18(4)27(35)23-13-20(7-9-24(23)34)29-32-31-19(5)38-29/h7-15,33H,6H2,1-5H3. The van der Waals surface area contributed by atoms with Crippen molar-refractivity contribution in [1.29, 1.82) is 0 Å². The number of sulfonamides is 1. The van der Waals surface area contributed by atoms with Gasteiger partial charge in [0.1, 0.15) is 11.6 Å². The van der Waals surface area contributed by atoms with Gasteiger partial charge in [0.15, 0.2) is 11.2 Å². The zero-order valence-electron chi connectivity index (χ0n) is 22.6. The van der Waals surface area contributed by atoms with E-state index in [1.807, 2.05) is 0 Å². The lowest BCUT2D eigenvalue weighted by atomic mass is 10.1. The molecule has 0 aliphatic heterocycles. The van der Waals surface area contributed by atoms with E-state index < -0.39 is 10.0 Å². The molecule has 0 amide bonds. The van der Waals surface area contributed by atoms with Crippen LogP contribution in [0.4, 0.5) is 10.1 Å². The van der Waals surface area contributed by atoms with Gasteiger partial charge in [-0.1, -0.05) is 0 Å². The Morgan fingerprint density at radius 2 is 1.70 bits per heavy atom. The SMILES string of the molecule is CCS(=O)(=O)Nc1ccc(Oc2c(C)cc(F)cc2C)c(-n2cc(C)c(=O)c3cc(-c4nnc(C)o4)ccc32)c1. The van der Waals surface area contributed by atoms with Gasteiger partial charge in [-0.3, -0.25) is 9.52 Å². The van der Waals surface area contributed by atoms with E-state index in [0.717, 1.165) is 0 Å². The number of nitrogens with one attached hydrogen (secondary N) is 1. The van der Waals surface area contributed by atoms with Crippen molar-refractivity contribution in [3.8, 4) is 28.6 Å². The fraction of sp³-hybridized carbons (Fsp3) is 0.207. The molecule has 206 valence electrons. The number of aromatic nitrogens is 3. The van der Waals surface area contributed by atoms with Crippen LogP contribution in [0.2, 0.25) is 0 Å². The molecule has 2 heterocycles. The van der Waals surface area contributed by atoms with Crippen LogP contribution in [0.3, 0.4) is 0 Å². The number of fused-ring (bicyclic) bond motifs is 1. The van der Waals surface area contributed by atoms with Gasteiger partial charge in [-0.25, -0.2) is 12.8 Å². The second-order valence-corrected chi connectivity index (χ2v) is 11.5. The van der Waals surface area contributed by atoms with Crippen LogP contribution in [0.25, 0.3) is 28.0 Å². The monoisotopic (exact) mass is 562 g/mol. The van der Waals surface area contributed by atoms with E-state index in [9.17, 15) is 17.6 Å². The number of aryl methyl sites for hydroxylation is 4. The van der Waals surface area contributed by atoms with Crippen molar-refractivity contribution in [2.45, 2.75) is 34.6 Å². The van der Waals surface area contributed by atoms with Gasteiger partial charge in [-0.2, -0.15) is 0 Å². The third kappa shape index (κ3) is 5.20. The van der Waals surface area contributed by atoms with Gasteiger partial charge in [0.05, 0.1) is 22.6 Å². The van der Waals surface area contributed by atoms with Crippen LogP contribution < -0.4 is 14.9 Å². The lowest BCUT2D eigenvalue weighted by molar-refractivity contribution is 0.470. The molecule has 40 heavy (non-hydrogen) atoms. The number of anilines is 1. The molecular weight excluding hydrogens is 535 g/mol. The van der Waals surface area contributed by atoms with Crippen molar-refractivity contribution in [3.63, 3.8) is 0 Å². The van der Waals surface area contributed by atoms with Crippen molar-refractivity contribution in [2.24, 2.45) is 0 Å². The summed E-state index contributed by atoms with van der Waals surface area (Å²) in [5, 5.41) is 8.32. The smallest absolute Gasteiger partial charge is 0.247 e. The van der Waals surface area contributed by atoms with E-state index in [0.29, 0.717) is 61.9 Å². The Bertz CT molecular complexity index is 1920. The molecule has 2 aromatic heterocycles. The summed E-state index contributed by atoms with van der Waals surface area (Å²) in [4.78, 5) is 13.3. The van der Waals surface area contributed by atoms with Gasteiger partial charge in [0.25, 0.3) is 0 Å². The summed E-state index contributed by atoms with van der Waals surface area (Å²) in [7, 11) is -3.57. The second-order valence-electron chi connectivity index (χ2n) is 9.53. The fourth-order valence-corrected chi connectivity index (χ4v) is 5.11. The first kappa shape index (κ1) is 27.1. The Morgan fingerprint density at radius 3 is 2.35 bits per heavy atom. The lowest BCUT2D eigenvalue weighted by Crippen LogP contribution is -2.15. The van der Waals surface area contributed by atoms with Crippen molar-refractivity contribution in [3.05, 3.63) is 93.3 Å². The van der Waals surface area contributed by atoms with Gasteiger partial charge < -0.3 is 13.7 Å². The summed E-state index contributed by atoms with van der Waals surface area (Å²) in [6, 6.07) is 12.8. The van der Waals surface area contributed by atoms with Crippen LogP contribution in [0.5, 0.6) is 11.5 Å². The van der Waals surface area contributed by atoms with E-state index in [2.05, 4.69) is 14.9 Å². The van der Waals surface area contributed by atoms with Crippen LogP contribution in [-0.2, 0) is 10.0 Å². The molecule has 0 bridgehead atoms. The molecule has 3 aromatic carbocycles. The van der Waals surface area contributed by atoms with E-state index >= 15 is 0 Å². The minimum absolute atomic E-state index is 0.105. The second kappa shape index (κ2) is 10.2. The highest BCUT2D eigenvalue weighted by atomic mass is 32.2.